The first-order valence-electron chi connectivity index (χ1n) is 8.68. The van der Waals surface area contributed by atoms with Gasteiger partial charge in [-0.3, -0.25) is 15.6 Å². The van der Waals surface area contributed by atoms with E-state index in [0.717, 1.165) is 16.0 Å². The molecule has 2 aromatic heterocycles. The molecule has 0 saturated carbocycles. The maximum Gasteiger partial charge on any atom is 0.272 e. The van der Waals surface area contributed by atoms with Gasteiger partial charge >= 0.3 is 0 Å². The van der Waals surface area contributed by atoms with Gasteiger partial charge in [0, 0.05) is 0 Å². The second-order valence-corrected chi connectivity index (χ2v) is 7.05. The largest absolute Gasteiger partial charge is 0.497 e. The summed E-state index contributed by atoms with van der Waals surface area (Å²) < 4.78 is 19.9. The third-order valence-electron chi connectivity index (χ3n) is 4.12. The monoisotopic (exact) mass is 425 g/mol. The number of nitrogens with two attached hydrogens (primary N) is 1. The highest BCUT2D eigenvalue weighted by Gasteiger charge is 2.14. The molecule has 0 aliphatic rings. The molecule has 0 aliphatic carbocycles. The fourth-order valence-corrected chi connectivity index (χ4v) is 3.50. The Hall–Kier alpha value is -3.99. The Morgan fingerprint density at radius 1 is 1.17 bits per heavy atom. The summed E-state index contributed by atoms with van der Waals surface area (Å²) in [5, 5.41) is 3.62. The molecule has 5 N–H and O–H groups in total. The second kappa shape index (κ2) is 8.17. The fraction of sp³-hybridized carbons (Fsp3) is 0.0526. The van der Waals surface area contributed by atoms with Crippen LogP contribution in [0.5, 0.6) is 5.75 Å². The Balaban J connectivity index is 1.50. The number of halogens is 1. The molecule has 0 unspecified atom stereocenters. The number of hydrogen-bond donors (Lipinski definition) is 4. The SMILES string of the molecule is COc1ccc2nc(Nc3ncnc(NNC(=O)c4ccccc4F)c3N)sc2c1. The number of nitrogen functional groups attached to an aromatic ring is 1. The van der Waals surface area contributed by atoms with Crippen molar-refractivity contribution in [3.05, 3.63) is 60.2 Å². The topological polar surface area (TPSA) is 127 Å². The molecule has 4 rings (SSSR count). The zero-order valence-electron chi connectivity index (χ0n) is 15.6. The molecule has 1 amide bonds. The molecule has 0 aliphatic heterocycles. The van der Waals surface area contributed by atoms with Gasteiger partial charge in [-0.1, -0.05) is 23.5 Å². The van der Waals surface area contributed by atoms with Crippen LogP contribution in [0.3, 0.4) is 0 Å². The molecule has 9 nitrogen and oxygen atoms in total. The van der Waals surface area contributed by atoms with Gasteiger partial charge in [-0.25, -0.2) is 19.3 Å². The van der Waals surface area contributed by atoms with Crippen molar-refractivity contribution in [1.82, 2.24) is 20.4 Å². The highest BCUT2D eigenvalue weighted by Crippen LogP contribution is 2.32. The van der Waals surface area contributed by atoms with E-state index in [0.29, 0.717) is 10.9 Å². The van der Waals surface area contributed by atoms with E-state index in [9.17, 15) is 9.18 Å². The minimum atomic E-state index is -0.666. The van der Waals surface area contributed by atoms with Crippen molar-refractivity contribution >= 4 is 49.9 Å². The molecule has 2 heterocycles. The lowest BCUT2D eigenvalue weighted by Gasteiger charge is -2.12. The van der Waals surface area contributed by atoms with E-state index in [2.05, 4.69) is 31.1 Å². The number of benzene rings is 2. The summed E-state index contributed by atoms with van der Waals surface area (Å²) in [6.45, 7) is 0. The maximum absolute atomic E-state index is 13.7. The van der Waals surface area contributed by atoms with Crippen LogP contribution in [0, 0.1) is 5.82 Å². The Morgan fingerprint density at radius 2 is 1.97 bits per heavy atom. The van der Waals surface area contributed by atoms with Crippen LogP contribution < -0.4 is 26.6 Å². The second-order valence-electron chi connectivity index (χ2n) is 6.02. The Morgan fingerprint density at radius 3 is 2.77 bits per heavy atom. The lowest BCUT2D eigenvalue weighted by Crippen LogP contribution is -2.31. The maximum atomic E-state index is 13.7. The van der Waals surface area contributed by atoms with E-state index in [1.54, 1.807) is 13.2 Å². The number of fused-ring (bicyclic) bond motifs is 1. The van der Waals surface area contributed by atoms with Gasteiger partial charge in [0.25, 0.3) is 5.91 Å². The molecule has 0 fully saturated rings. The van der Waals surface area contributed by atoms with E-state index < -0.39 is 11.7 Å². The molecule has 0 saturated heterocycles. The van der Waals surface area contributed by atoms with Crippen LogP contribution in [0.4, 0.5) is 26.8 Å². The first-order chi connectivity index (χ1) is 14.5. The average Bonchev–Trinajstić information content (AvgIpc) is 3.16. The summed E-state index contributed by atoms with van der Waals surface area (Å²) in [7, 11) is 1.60. The van der Waals surface area contributed by atoms with Crippen molar-refractivity contribution in [3.8, 4) is 5.75 Å². The summed E-state index contributed by atoms with van der Waals surface area (Å²) in [6, 6.07) is 11.2. The highest BCUT2D eigenvalue weighted by molar-refractivity contribution is 7.22. The number of hydrogen-bond acceptors (Lipinski definition) is 9. The molecule has 0 spiro atoms. The van der Waals surface area contributed by atoms with Crippen LogP contribution in [0.2, 0.25) is 0 Å². The lowest BCUT2D eigenvalue weighted by atomic mass is 10.2. The number of rotatable bonds is 6. The highest BCUT2D eigenvalue weighted by atomic mass is 32.1. The van der Waals surface area contributed by atoms with Gasteiger partial charge < -0.3 is 15.8 Å². The summed E-state index contributed by atoms with van der Waals surface area (Å²) >= 11 is 1.40. The van der Waals surface area contributed by atoms with Crippen LogP contribution in [0.1, 0.15) is 10.4 Å². The number of aromatic nitrogens is 3. The van der Waals surface area contributed by atoms with E-state index >= 15 is 0 Å². The zero-order chi connectivity index (χ0) is 21.1. The first kappa shape index (κ1) is 19.3. The van der Waals surface area contributed by atoms with Crippen LogP contribution >= 0.6 is 11.3 Å². The third kappa shape index (κ3) is 3.91. The zero-order valence-corrected chi connectivity index (χ0v) is 16.5. The molecule has 30 heavy (non-hydrogen) atoms. The summed E-state index contributed by atoms with van der Waals surface area (Å²) in [6.07, 6.45) is 1.27. The van der Waals surface area contributed by atoms with Crippen molar-refractivity contribution in [2.24, 2.45) is 0 Å². The molecule has 11 heteroatoms. The number of nitrogens with zero attached hydrogens (tertiary/aromatic N) is 3. The summed E-state index contributed by atoms with van der Waals surface area (Å²) in [4.78, 5) is 24.8. The molecule has 4 aromatic rings. The third-order valence-corrected chi connectivity index (χ3v) is 5.05. The van der Waals surface area contributed by atoms with Crippen molar-refractivity contribution in [3.63, 3.8) is 0 Å². The van der Waals surface area contributed by atoms with Crippen LogP contribution in [0.25, 0.3) is 10.2 Å². The lowest BCUT2D eigenvalue weighted by molar-refractivity contribution is 0.0958. The summed E-state index contributed by atoms with van der Waals surface area (Å²) in [5.41, 5.74) is 11.9. The minimum absolute atomic E-state index is 0.110. The molecule has 0 radical (unpaired) electrons. The summed E-state index contributed by atoms with van der Waals surface area (Å²) in [5.74, 6) is -0.113. The number of amides is 1. The molecule has 0 atom stereocenters. The Labute approximate surface area is 174 Å². The predicted molar refractivity (Wildman–Crippen MR) is 113 cm³/mol. The van der Waals surface area contributed by atoms with Crippen LogP contribution in [-0.2, 0) is 0 Å². The fourth-order valence-electron chi connectivity index (χ4n) is 2.61. The predicted octanol–water partition coefficient (Wildman–Crippen LogP) is 3.32. The van der Waals surface area contributed by atoms with Gasteiger partial charge in [-0.15, -0.1) is 0 Å². The molecule has 152 valence electrons. The Bertz CT molecular complexity index is 1230. The van der Waals surface area contributed by atoms with Gasteiger partial charge in [0.05, 0.1) is 22.9 Å². The first-order valence-corrected chi connectivity index (χ1v) is 9.50. The van der Waals surface area contributed by atoms with Crippen molar-refractivity contribution in [1.29, 1.82) is 0 Å². The van der Waals surface area contributed by atoms with Crippen LogP contribution in [-0.4, -0.2) is 28.0 Å². The molecular formula is C19H16FN7O2S. The van der Waals surface area contributed by atoms with E-state index in [4.69, 9.17) is 10.5 Å². The number of hydrazine groups is 1. The van der Waals surface area contributed by atoms with E-state index in [1.807, 2.05) is 18.2 Å². The van der Waals surface area contributed by atoms with Crippen molar-refractivity contribution < 1.29 is 13.9 Å². The van der Waals surface area contributed by atoms with Gasteiger partial charge in [0.2, 0.25) is 0 Å². The van der Waals surface area contributed by atoms with Crippen molar-refractivity contribution in [2.45, 2.75) is 0 Å². The van der Waals surface area contributed by atoms with Gasteiger partial charge in [-0.05, 0) is 30.3 Å². The van der Waals surface area contributed by atoms with Gasteiger partial charge in [-0.2, -0.15) is 0 Å². The normalized spacial score (nSPS) is 10.6. The number of carbonyl (C=O) groups is 1. The van der Waals surface area contributed by atoms with E-state index in [1.165, 1.54) is 35.9 Å². The number of methoxy groups -OCH3 is 1. The van der Waals surface area contributed by atoms with E-state index in [-0.39, 0.29) is 17.1 Å². The standard InChI is InChI=1S/C19H16FN7O2S/c1-29-10-6-7-13-14(8-10)30-19(24-13)25-16-15(21)17(23-9-22-16)26-27-18(28)11-4-2-3-5-12(11)20/h2-9H,21H2,1H3,(H,27,28)(H2,22,23,24,25,26). The average molecular weight is 425 g/mol. The van der Waals surface area contributed by atoms with Crippen molar-refractivity contribution in [2.75, 3.05) is 23.6 Å². The number of thiazole rings is 1. The molecule has 2 aromatic carbocycles. The van der Waals surface area contributed by atoms with Crippen LogP contribution in [0.15, 0.2) is 48.8 Å². The number of nitrogens with one attached hydrogen (secondary N) is 3. The number of ether oxygens (including phenoxy) is 1. The smallest absolute Gasteiger partial charge is 0.272 e. The molecular weight excluding hydrogens is 409 g/mol. The Kier molecular flexibility index (Phi) is 5.26. The molecule has 0 bridgehead atoms. The number of anilines is 4. The quantitative estimate of drug-likeness (QED) is 0.347. The van der Waals surface area contributed by atoms with Gasteiger partial charge in [0.1, 0.15) is 23.6 Å². The minimum Gasteiger partial charge on any atom is -0.497 e. The number of carbonyl (C=O) groups excluding carboxylic acids is 1. The van der Waals surface area contributed by atoms with Gasteiger partial charge in [0.15, 0.2) is 16.8 Å².